The van der Waals surface area contributed by atoms with Gasteiger partial charge in [0.15, 0.2) is 4.80 Å². The van der Waals surface area contributed by atoms with Gasteiger partial charge in [-0.3, -0.25) is 14.4 Å². The third-order valence-corrected chi connectivity index (χ3v) is 7.81. The molecule has 0 bridgehead atoms. The van der Waals surface area contributed by atoms with Gasteiger partial charge in [-0.2, -0.15) is 4.99 Å². The van der Waals surface area contributed by atoms with Crippen molar-refractivity contribution >= 4 is 62.8 Å². The number of thioether (sulfide) groups is 1. The molecule has 2 aromatic carbocycles. The molecule has 9 nitrogen and oxygen atoms in total. The number of benzene rings is 2. The van der Waals surface area contributed by atoms with Crippen molar-refractivity contribution in [1.29, 1.82) is 0 Å². The second kappa shape index (κ2) is 12.9. The number of amides is 2. The fourth-order valence-corrected chi connectivity index (χ4v) is 5.98. The third kappa shape index (κ3) is 6.51. The molecule has 1 aromatic heterocycles. The smallest absolute Gasteiger partial charge is 0.338 e. The SMILES string of the molecule is CCOC(=O)Cn1c(=NC(=O)CSCC(=O)N2CCCc3ccccc32)sc2cc(C(=O)OCC)ccc21. The van der Waals surface area contributed by atoms with Crippen molar-refractivity contribution < 1.29 is 28.7 Å². The Kier molecular flexibility index (Phi) is 9.35. The predicted octanol–water partition coefficient (Wildman–Crippen LogP) is 3.58. The third-order valence-electron chi connectivity index (χ3n) is 5.87. The van der Waals surface area contributed by atoms with Crippen LogP contribution in [-0.4, -0.2) is 59.6 Å². The fraction of sp³-hybridized carbons (Fsp3) is 0.370. The molecular weight excluding hydrogens is 526 g/mol. The number of rotatable bonds is 9. The van der Waals surface area contributed by atoms with Gasteiger partial charge < -0.3 is 18.9 Å². The van der Waals surface area contributed by atoms with Gasteiger partial charge in [-0.1, -0.05) is 29.5 Å². The summed E-state index contributed by atoms with van der Waals surface area (Å²) in [5, 5.41) is 0. The van der Waals surface area contributed by atoms with Crippen LogP contribution >= 0.6 is 23.1 Å². The van der Waals surface area contributed by atoms with Crippen molar-refractivity contribution in [3.05, 3.63) is 58.4 Å². The maximum Gasteiger partial charge on any atom is 0.338 e. The first-order chi connectivity index (χ1) is 18.4. The first-order valence-electron chi connectivity index (χ1n) is 12.4. The van der Waals surface area contributed by atoms with Gasteiger partial charge in [0, 0.05) is 12.2 Å². The summed E-state index contributed by atoms with van der Waals surface area (Å²) in [5.74, 6) is -1.20. The average molecular weight is 556 g/mol. The van der Waals surface area contributed by atoms with E-state index < -0.39 is 17.8 Å². The van der Waals surface area contributed by atoms with Crippen LogP contribution in [0.2, 0.25) is 0 Å². The number of esters is 2. The van der Waals surface area contributed by atoms with Crippen molar-refractivity contribution in [3.63, 3.8) is 0 Å². The number of aromatic nitrogens is 1. The summed E-state index contributed by atoms with van der Waals surface area (Å²) in [6, 6.07) is 12.9. The van der Waals surface area contributed by atoms with Gasteiger partial charge in [0.05, 0.1) is 40.5 Å². The molecule has 0 N–H and O–H groups in total. The minimum Gasteiger partial charge on any atom is -0.465 e. The Morgan fingerprint density at radius 2 is 1.82 bits per heavy atom. The number of para-hydroxylation sites is 1. The van der Waals surface area contributed by atoms with Crippen LogP contribution in [-0.2, 0) is 36.8 Å². The van der Waals surface area contributed by atoms with Gasteiger partial charge in [0.2, 0.25) is 5.91 Å². The molecule has 1 aliphatic rings. The van der Waals surface area contributed by atoms with Gasteiger partial charge in [-0.05, 0) is 56.5 Å². The zero-order valence-electron chi connectivity index (χ0n) is 21.3. The zero-order valence-corrected chi connectivity index (χ0v) is 22.9. The van der Waals surface area contributed by atoms with Crippen LogP contribution in [0.3, 0.4) is 0 Å². The lowest BCUT2D eigenvalue weighted by Gasteiger charge is -2.29. The lowest BCUT2D eigenvalue weighted by atomic mass is 10.0. The van der Waals surface area contributed by atoms with Gasteiger partial charge >= 0.3 is 11.9 Å². The van der Waals surface area contributed by atoms with E-state index in [1.54, 1.807) is 41.5 Å². The highest BCUT2D eigenvalue weighted by Crippen LogP contribution is 2.27. The number of carbonyl (C=O) groups excluding carboxylic acids is 4. The highest BCUT2D eigenvalue weighted by atomic mass is 32.2. The van der Waals surface area contributed by atoms with E-state index >= 15 is 0 Å². The largest absolute Gasteiger partial charge is 0.465 e. The van der Waals surface area contributed by atoms with Gasteiger partial charge in [-0.15, -0.1) is 11.8 Å². The summed E-state index contributed by atoms with van der Waals surface area (Å²) in [5.41, 5.74) is 3.11. The number of ether oxygens (including phenoxy) is 2. The Balaban J connectivity index is 1.50. The topological polar surface area (TPSA) is 107 Å². The normalized spacial score (nSPS) is 13.3. The summed E-state index contributed by atoms with van der Waals surface area (Å²) in [4.78, 5) is 56.4. The van der Waals surface area contributed by atoms with Crippen molar-refractivity contribution in [2.45, 2.75) is 33.2 Å². The minimum absolute atomic E-state index is 0.0168. The van der Waals surface area contributed by atoms with Crippen LogP contribution in [0.15, 0.2) is 47.5 Å². The number of anilines is 1. The number of hydrogen-bond donors (Lipinski definition) is 0. The maximum absolute atomic E-state index is 12.9. The Bertz CT molecular complexity index is 1430. The molecule has 11 heteroatoms. The molecule has 2 amide bonds. The van der Waals surface area contributed by atoms with Crippen LogP contribution in [0, 0.1) is 0 Å². The van der Waals surface area contributed by atoms with E-state index in [1.165, 1.54) is 23.1 Å². The number of thiazole rings is 1. The summed E-state index contributed by atoms with van der Waals surface area (Å²) in [7, 11) is 0. The molecule has 0 aliphatic carbocycles. The lowest BCUT2D eigenvalue weighted by Crippen LogP contribution is -2.36. The number of carbonyl (C=O) groups is 4. The molecule has 0 radical (unpaired) electrons. The predicted molar refractivity (Wildman–Crippen MR) is 147 cm³/mol. The Hall–Kier alpha value is -3.44. The Morgan fingerprint density at radius 1 is 1.03 bits per heavy atom. The molecule has 0 spiro atoms. The van der Waals surface area contributed by atoms with Crippen LogP contribution in [0.5, 0.6) is 0 Å². The number of nitrogens with zero attached hydrogens (tertiary/aromatic N) is 3. The van der Waals surface area contributed by atoms with E-state index in [-0.39, 0.29) is 37.2 Å². The Labute approximate surface area is 228 Å². The second-order valence-electron chi connectivity index (χ2n) is 8.45. The van der Waals surface area contributed by atoms with E-state index in [1.807, 2.05) is 24.3 Å². The molecule has 3 aromatic rings. The summed E-state index contributed by atoms with van der Waals surface area (Å²) < 4.78 is 12.4. The fourth-order valence-electron chi connectivity index (χ4n) is 4.22. The molecule has 2 heterocycles. The van der Waals surface area contributed by atoms with E-state index in [0.717, 1.165) is 24.1 Å². The minimum atomic E-state index is -0.461. The molecule has 0 saturated carbocycles. The number of hydrogen-bond acceptors (Lipinski definition) is 8. The van der Waals surface area contributed by atoms with E-state index in [4.69, 9.17) is 9.47 Å². The highest BCUT2D eigenvalue weighted by molar-refractivity contribution is 8.00. The molecule has 1 aliphatic heterocycles. The summed E-state index contributed by atoms with van der Waals surface area (Å²) in [6.45, 7) is 4.47. The maximum atomic E-state index is 12.9. The van der Waals surface area contributed by atoms with Crippen molar-refractivity contribution in [2.75, 3.05) is 36.2 Å². The molecule has 38 heavy (non-hydrogen) atoms. The van der Waals surface area contributed by atoms with Crippen molar-refractivity contribution in [2.24, 2.45) is 4.99 Å². The molecule has 0 unspecified atom stereocenters. The summed E-state index contributed by atoms with van der Waals surface area (Å²) in [6.07, 6.45) is 1.86. The van der Waals surface area contributed by atoms with Gasteiger partial charge in [-0.25, -0.2) is 4.79 Å². The quantitative estimate of drug-likeness (QED) is 0.372. The Morgan fingerprint density at radius 3 is 2.61 bits per heavy atom. The van der Waals surface area contributed by atoms with E-state index in [9.17, 15) is 19.2 Å². The van der Waals surface area contributed by atoms with Gasteiger partial charge in [0.1, 0.15) is 6.54 Å². The molecule has 0 saturated heterocycles. The molecule has 0 fully saturated rings. The summed E-state index contributed by atoms with van der Waals surface area (Å²) >= 11 is 2.40. The standard InChI is InChI=1S/C27H29N3O6S2/c1-3-35-25(33)15-30-21-12-11-19(26(34)36-4-2)14-22(21)38-27(30)28-23(31)16-37-17-24(32)29-13-7-9-18-8-5-6-10-20(18)29/h5-6,8,10-12,14H,3-4,7,9,13,15-17H2,1-2H3. The van der Waals surface area contributed by atoms with Crippen molar-refractivity contribution in [3.8, 4) is 0 Å². The molecular formula is C27H29N3O6S2. The first kappa shape index (κ1) is 27.6. The average Bonchev–Trinajstić information content (AvgIpc) is 3.24. The van der Waals surface area contributed by atoms with Crippen LogP contribution in [0.1, 0.15) is 36.2 Å². The molecule has 4 rings (SSSR count). The van der Waals surface area contributed by atoms with Crippen LogP contribution < -0.4 is 9.70 Å². The second-order valence-corrected chi connectivity index (χ2v) is 10.4. The number of aryl methyl sites for hydroxylation is 1. The first-order valence-corrected chi connectivity index (χ1v) is 14.4. The van der Waals surface area contributed by atoms with Crippen LogP contribution in [0.25, 0.3) is 10.2 Å². The highest BCUT2D eigenvalue weighted by Gasteiger charge is 2.22. The van der Waals surface area contributed by atoms with E-state index in [2.05, 4.69) is 4.99 Å². The van der Waals surface area contributed by atoms with Crippen LogP contribution in [0.4, 0.5) is 5.69 Å². The monoisotopic (exact) mass is 555 g/mol. The molecule has 0 atom stereocenters. The lowest BCUT2D eigenvalue weighted by molar-refractivity contribution is -0.143. The van der Waals surface area contributed by atoms with Gasteiger partial charge in [0.25, 0.3) is 5.91 Å². The zero-order chi connectivity index (χ0) is 27.1. The number of fused-ring (bicyclic) bond motifs is 2. The van der Waals surface area contributed by atoms with Crippen molar-refractivity contribution in [1.82, 2.24) is 4.57 Å². The molecule has 200 valence electrons. The van der Waals surface area contributed by atoms with E-state index in [0.29, 0.717) is 27.1 Å².